The summed E-state index contributed by atoms with van der Waals surface area (Å²) in [6.45, 7) is 0. The van der Waals surface area contributed by atoms with Crippen LogP contribution in [0.15, 0.2) is 0 Å². The summed E-state index contributed by atoms with van der Waals surface area (Å²) in [7, 11) is 0. The second kappa shape index (κ2) is 22.5. The minimum atomic E-state index is -1.75. The van der Waals surface area contributed by atoms with Gasteiger partial charge in [-0.15, -0.1) is 0 Å². The van der Waals surface area contributed by atoms with E-state index in [1.165, 1.54) is 0 Å². The molecule has 0 aliphatic heterocycles. The first-order valence-electron chi connectivity index (χ1n) is 1.64. The number of rotatable bonds is 0. The van der Waals surface area contributed by atoms with Crippen LogP contribution in [-0.4, -0.2) is 38.1 Å². The van der Waals surface area contributed by atoms with Crippen LogP contribution in [0.2, 0.25) is 0 Å². The maximum Gasteiger partial charge on any atom is 3.00 e. The van der Waals surface area contributed by atoms with E-state index in [1.807, 2.05) is 0 Å². The van der Waals surface area contributed by atoms with E-state index in [-0.39, 0.29) is 22.8 Å². The molecule has 0 rings (SSSR count). The molecular weight excluding hydrogens is 229 g/mol. The fraction of sp³-hybridized carbons (Fsp3) is 0. The quantitative estimate of drug-likeness (QED) is 0.256. The number of hydrogen-bond donors (Lipinski definition) is 0. The Kier molecular flexibility index (Phi) is 47.5. The summed E-state index contributed by atoms with van der Waals surface area (Å²) in [5.74, 6) is 0. The van der Waals surface area contributed by atoms with Gasteiger partial charge in [-0.3, -0.25) is 0 Å². The maximum absolute atomic E-state index is 8.25. The maximum atomic E-state index is 8.25. The fourth-order valence-corrected chi connectivity index (χ4v) is 0. The third kappa shape index (κ3) is 229. The van der Waals surface area contributed by atoms with Crippen molar-refractivity contribution >= 4 is 17.4 Å². The summed E-state index contributed by atoms with van der Waals surface area (Å²) in [4.78, 5) is 24.8. The van der Waals surface area contributed by atoms with Gasteiger partial charge in [0, 0.05) is 0 Å². The van der Waals surface area contributed by atoms with Crippen LogP contribution in [0.5, 0.6) is 0 Å². The van der Waals surface area contributed by atoms with Gasteiger partial charge in [0.1, 0.15) is 0 Å². The molecule has 0 aromatic carbocycles. The third-order valence-electron chi connectivity index (χ3n) is 0. The van der Waals surface area contributed by atoms with Gasteiger partial charge in [-0.05, 0) is 0 Å². The molecule has 14 heavy (non-hydrogen) atoms. The van der Waals surface area contributed by atoms with Gasteiger partial charge >= 0.3 is 17.4 Å². The van der Waals surface area contributed by atoms with E-state index in [4.69, 9.17) is 46.0 Å². The summed E-state index contributed by atoms with van der Waals surface area (Å²) in [5.41, 5.74) is 0. The van der Waals surface area contributed by atoms with Crippen molar-refractivity contribution in [2.45, 2.75) is 0 Å². The minimum Gasteiger partial charge on any atom is -0.412 e. The van der Waals surface area contributed by atoms with Crippen LogP contribution in [0, 0.1) is 46.0 Å². The molecule has 80 valence electrons. The largest absolute Gasteiger partial charge is 3.00 e. The molecule has 0 fully saturated rings. The number of nitrogens with zero attached hydrogens (tertiary/aromatic N) is 3. The predicted molar refractivity (Wildman–Crippen MR) is 40.5 cm³/mol. The van der Waals surface area contributed by atoms with Gasteiger partial charge in [0.05, 0.1) is 15.3 Å². The Morgan fingerprint density at radius 2 is 0.571 bits per heavy atom. The van der Waals surface area contributed by atoms with E-state index in [2.05, 4.69) is 0 Å². The van der Waals surface area contributed by atoms with Crippen LogP contribution in [-0.2, 0) is 0 Å². The van der Waals surface area contributed by atoms with Gasteiger partial charge in [0.25, 0.3) is 0 Å². The van der Waals surface area contributed by atoms with E-state index in [0.717, 1.165) is 0 Å². The van der Waals surface area contributed by atoms with Crippen molar-refractivity contribution in [1.29, 1.82) is 0 Å². The standard InChI is InChI=1S/Al.3NO3.H2O/c;3*2-1(3)4;/h;;;;1H2/q+3;3*-1;. The van der Waals surface area contributed by atoms with Crippen molar-refractivity contribution in [3.05, 3.63) is 46.0 Å². The average molecular weight is 231 g/mol. The molecule has 0 saturated carbocycles. The van der Waals surface area contributed by atoms with Gasteiger partial charge < -0.3 is 51.4 Å². The molecule has 0 saturated heterocycles. The van der Waals surface area contributed by atoms with E-state index >= 15 is 0 Å². The molecule has 0 radical (unpaired) electrons. The Bertz CT molecular complexity index is 113. The van der Waals surface area contributed by atoms with E-state index < -0.39 is 15.3 Å². The van der Waals surface area contributed by atoms with Crippen molar-refractivity contribution in [2.75, 3.05) is 0 Å². The Labute approximate surface area is 84.9 Å². The van der Waals surface area contributed by atoms with Crippen molar-refractivity contribution in [2.24, 2.45) is 0 Å². The summed E-state index contributed by atoms with van der Waals surface area (Å²) in [6, 6.07) is 0. The van der Waals surface area contributed by atoms with Crippen LogP contribution >= 0.6 is 0 Å². The summed E-state index contributed by atoms with van der Waals surface area (Å²) < 4.78 is 0. The normalized spacial score (nSPS) is 5.14. The number of hydrogen-bond acceptors (Lipinski definition) is 9. The molecule has 0 aliphatic carbocycles. The summed E-state index contributed by atoms with van der Waals surface area (Å²) >= 11 is 0. The second-order valence-electron chi connectivity index (χ2n) is 0.671. The first-order valence-corrected chi connectivity index (χ1v) is 1.64. The zero-order valence-corrected chi connectivity index (χ0v) is 7.25. The molecule has 0 atom stereocenters. The minimum absolute atomic E-state index is 0. The first kappa shape index (κ1) is 29.6. The molecule has 0 aromatic heterocycles. The Morgan fingerprint density at radius 3 is 0.571 bits per heavy atom. The van der Waals surface area contributed by atoms with E-state index in [9.17, 15) is 0 Å². The predicted octanol–water partition coefficient (Wildman–Crippen LogP) is -1.92. The van der Waals surface area contributed by atoms with Gasteiger partial charge in [-0.2, -0.15) is 0 Å². The molecule has 0 heterocycles. The van der Waals surface area contributed by atoms with Crippen LogP contribution in [0.1, 0.15) is 0 Å². The van der Waals surface area contributed by atoms with Crippen LogP contribution in [0.3, 0.4) is 0 Å². The Morgan fingerprint density at radius 1 is 0.571 bits per heavy atom. The van der Waals surface area contributed by atoms with E-state index in [0.29, 0.717) is 0 Å². The molecule has 0 aromatic rings. The van der Waals surface area contributed by atoms with Crippen LogP contribution < -0.4 is 0 Å². The van der Waals surface area contributed by atoms with Gasteiger partial charge in [0.15, 0.2) is 0 Å². The Balaban J connectivity index is -0.0000000270. The molecule has 0 unspecified atom stereocenters. The topological polar surface area (TPSA) is 230 Å². The van der Waals surface area contributed by atoms with Crippen molar-refractivity contribution in [3.8, 4) is 0 Å². The van der Waals surface area contributed by atoms with Crippen molar-refractivity contribution in [1.82, 2.24) is 0 Å². The zero-order valence-electron chi connectivity index (χ0n) is 6.09. The SMILES string of the molecule is O.O=[N+]([O-])[O-].O=[N+]([O-])[O-].O=[N+]([O-])[O-].[Al+3]. The molecule has 13 nitrogen and oxygen atoms in total. The molecule has 2 N–H and O–H groups in total. The van der Waals surface area contributed by atoms with Crippen molar-refractivity contribution < 1.29 is 20.7 Å². The monoisotopic (exact) mass is 231 g/mol. The molecule has 14 heteroatoms. The zero-order chi connectivity index (χ0) is 10.7. The van der Waals surface area contributed by atoms with Gasteiger partial charge in [-0.25, -0.2) is 0 Å². The molecule has 0 aliphatic rings. The third-order valence-corrected chi connectivity index (χ3v) is 0. The smallest absolute Gasteiger partial charge is 0.412 e. The summed E-state index contributed by atoms with van der Waals surface area (Å²) in [5, 5.41) is 44.2. The molecule has 0 amide bonds. The Hall–Kier alpha value is -1.91. The second-order valence-corrected chi connectivity index (χ2v) is 0.671. The van der Waals surface area contributed by atoms with Crippen LogP contribution in [0.4, 0.5) is 0 Å². The van der Waals surface area contributed by atoms with Crippen molar-refractivity contribution in [3.63, 3.8) is 0 Å². The van der Waals surface area contributed by atoms with E-state index in [1.54, 1.807) is 0 Å². The molecule has 0 bridgehead atoms. The average Bonchev–Trinajstić information content (AvgIpc) is 1.54. The van der Waals surface area contributed by atoms with Crippen LogP contribution in [0.25, 0.3) is 0 Å². The summed E-state index contributed by atoms with van der Waals surface area (Å²) in [6.07, 6.45) is 0. The van der Waals surface area contributed by atoms with Gasteiger partial charge in [0.2, 0.25) is 0 Å². The van der Waals surface area contributed by atoms with Gasteiger partial charge in [-0.1, -0.05) is 0 Å². The fourth-order valence-electron chi connectivity index (χ4n) is 0. The first-order chi connectivity index (χ1) is 5.20. The molecular formula is H2AlN3O10. The molecule has 0 spiro atoms.